The molecule has 0 aliphatic carbocycles. The van der Waals surface area contributed by atoms with Crippen LogP contribution in [0.5, 0.6) is 11.6 Å². The summed E-state index contributed by atoms with van der Waals surface area (Å²) in [4.78, 5) is 12.6. The third-order valence-electron chi connectivity index (χ3n) is 5.16. The Balaban J connectivity index is 1.36. The molecule has 0 bridgehead atoms. The first-order chi connectivity index (χ1) is 14.9. The molecule has 31 heavy (non-hydrogen) atoms. The average molecular weight is 443 g/mol. The van der Waals surface area contributed by atoms with E-state index in [4.69, 9.17) is 9.47 Å². The second kappa shape index (κ2) is 9.13. The number of carbonyl (C=O) groups excluding carboxylic acids is 1. The molecule has 1 N–H and O–H groups in total. The van der Waals surface area contributed by atoms with Gasteiger partial charge in [0, 0.05) is 19.0 Å². The lowest BCUT2D eigenvalue weighted by Gasteiger charge is -2.26. The van der Waals surface area contributed by atoms with E-state index in [1.165, 1.54) is 10.7 Å². The van der Waals surface area contributed by atoms with E-state index < -0.39 is 25.0 Å². The average Bonchev–Trinajstić information content (AvgIpc) is 3.17. The van der Waals surface area contributed by atoms with Gasteiger partial charge in [-0.2, -0.15) is 13.9 Å². The molecular weight excluding hydrogens is 422 g/mol. The van der Waals surface area contributed by atoms with E-state index in [-0.39, 0.29) is 43.8 Å². The van der Waals surface area contributed by atoms with Crippen molar-refractivity contribution < 1.29 is 36.6 Å². The van der Waals surface area contributed by atoms with Crippen LogP contribution >= 0.6 is 0 Å². The zero-order valence-electron chi connectivity index (χ0n) is 16.4. The second-order valence-electron chi connectivity index (χ2n) is 7.38. The Hall–Kier alpha value is -2.82. The maximum absolute atomic E-state index is 12.9. The third kappa shape index (κ3) is 5.09. The molecule has 3 heterocycles. The number of nitrogens with one attached hydrogen (secondary N) is 1. The number of fused-ring (bicyclic) bond motifs is 2. The lowest BCUT2D eigenvalue weighted by atomic mass is 9.99. The van der Waals surface area contributed by atoms with Crippen LogP contribution in [0.4, 0.5) is 17.6 Å². The summed E-state index contributed by atoms with van der Waals surface area (Å²) >= 11 is 0. The first-order valence-corrected chi connectivity index (χ1v) is 9.87. The van der Waals surface area contributed by atoms with Crippen LogP contribution in [-0.4, -0.2) is 54.1 Å². The highest BCUT2D eigenvalue weighted by Crippen LogP contribution is 2.27. The van der Waals surface area contributed by atoms with Crippen molar-refractivity contribution in [1.29, 1.82) is 0 Å². The number of hydrogen-bond donors (Lipinski definition) is 1. The molecule has 2 aliphatic rings. The topological polar surface area (TPSA) is 74.6 Å². The van der Waals surface area contributed by atoms with Crippen molar-refractivity contribution in [2.45, 2.75) is 51.0 Å². The van der Waals surface area contributed by atoms with Crippen molar-refractivity contribution in [2.75, 3.05) is 13.2 Å². The van der Waals surface area contributed by atoms with Crippen molar-refractivity contribution in [3.05, 3.63) is 41.1 Å². The predicted octanol–water partition coefficient (Wildman–Crippen LogP) is 2.81. The van der Waals surface area contributed by atoms with E-state index in [2.05, 4.69) is 15.2 Å². The fourth-order valence-electron chi connectivity index (χ4n) is 3.63. The number of aryl methyl sites for hydroxylation is 1. The number of rotatable bonds is 7. The number of ether oxygens (including phenoxy) is 3. The maximum atomic E-state index is 12.9. The zero-order chi connectivity index (χ0) is 22.0. The second-order valence-corrected chi connectivity index (χ2v) is 7.38. The fraction of sp³-hybridized carbons (Fsp3) is 0.500. The zero-order valence-corrected chi connectivity index (χ0v) is 16.4. The Morgan fingerprint density at radius 1 is 1.29 bits per heavy atom. The lowest BCUT2D eigenvalue weighted by molar-refractivity contribution is -0.127. The summed E-state index contributed by atoms with van der Waals surface area (Å²) in [7, 11) is 0. The molecule has 11 heteroatoms. The Bertz CT molecular complexity index is 937. The summed E-state index contributed by atoms with van der Waals surface area (Å²) in [5.74, 6) is 0.355. The molecule has 0 fully saturated rings. The van der Waals surface area contributed by atoms with Gasteiger partial charge < -0.3 is 19.5 Å². The van der Waals surface area contributed by atoms with Crippen LogP contribution in [0.1, 0.15) is 28.0 Å². The molecule has 1 aromatic carbocycles. The van der Waals surface area contributed by atoms with E-state index in [9.17, 15) is 22.4 Å². The molecule has 2 unspecified atom stereocenters. The molecule has 0 saturated carbocycles. The van der Waals surface area contributed by atoms with Crippen LogP contribution in [0, 0.1) is 0 Å². The number of hydrogen-bond acceptors (Lipinski definition) is 5. The summed E-state index contributed by atoms with van der Waals surface area (Å²) in [6.45, 7) is -2.41. The summed E-state index contributed by atoms with van der Waals surface area (Å²) in [5, 5.41) is 6.96. The minimum absolute atomic E-state index is 0.0774. The van der Waals surface area contributed by atoms with Crippen LogP contribution < -0.4 is 14.8 Å². The highest BCUT2D eigenvalue weighted by Gasteiger charge is 2.30. The van der Waals surface area contributed by atoms with Gasteiger partial charge in [0.25, 0.3) is 12.3 Å². The van der Waals surface area contributed by atoms with Gasteiger partial charge >= 0.3 is 6.61 Å². The molecule has 4 rings (SSSR count). The monoisotopic (exact) mass is 443 g/mol. The van der Waals surface area contributed by atoms with Gasteiger partial charge in [-0.3, -0.25) is 4.79 Å². The molecular formula is C20H21F4N3O4. The van der Waals surface area contributed by atoms with Crippen LogP contribution in [0.2, 0.25) is 0 Å². The van der Waals surface area contributed by atoms with Gasteiger partial charge in [0.05, 0.1) is 12.6 Å². The van der Waals surface area contributed by atoms with Crippen LogP contribution in [0.15, 0.2) is 24.3 Å². The summed E-state index contributed by atoms with van der Waals surface area (Å²) in [6, 6.07) is 6.42. The minimum Gasteiger partial charge on any atom is -0.491 e. The van der Waals surface area contributed by atoms with Gasteiger partial charge in [-0.1, -0.05) is 12.1 Å². The van der Waals surface area contributed by atoms with Gasteiger partial charge in [0.15, 0.2) is 11.8 Å². The molecule has 1 amide bonds. The summed E-state index contributed by atoms with van der Waals surface area (Å²) in [5.41, 5.74) is 1.74. The first kappa shape index (κ1) is 21.4. The predicted molar refractivity (Wildman–Crippen MR) is 99.8 cm³/mol. The van der Waals surface area contributed by atoms with Crippen molar-refractivity contribution in [3.8, 4) is 11.6 Å². The smallest absolute Gasteiger partial charge is 0.345 e. The van der Waals surface area contributed by atoms with Crippen molar-refractivity contribution in [2.24, 2.45) is 0 Å². The summed E-state index contributed by atoms with van der Waals surface area (Å²) in [6.07, 6.45) is -2.88. The van der Waals surface area contributed by atoms with Gasteiger partial charge in [0.1, 0.15) is 12.4 Å². The van der Waals surface area contributed by atoms with Gasteiger partial charge in [-0.25, -0.2) is 13.5 Å². The molecule has 7 nitrogen and oxygen atoms in total. The third-order valence-corrected chi connectivity index (χ3v) is 5.16. The Labute approximate surface area is 175 Å². The van der Waals surface area contributed by atoms with E-state index in [1.54, 1.807) is 12.1 Å². The normalized spacial score (nSPS) is 20.1. The fourth-order valence-corrected chi connectivity index (χ4v) is 3.63. The largest absolute Gasteiger partial charge is 0.491 e. The van der Waals surface area contributed by atoms with Crippen LogP contribution in [0.25, 0.3) is 0 Å². The van der Waals surface area contributed by atoms with E-state index >= 15 is 0 Å². The standard InChI is InChI=1S/C20H21F4N3O4/c21-18(22)16-3-5-27-17(31-16)9-14(26-27)19(28)25-13-8-12-7-11(4-6-29-20(23)24)1-2-15(12)30-10-13/h1-2,7,9,13,16,18,20H,3-6,8,10H2,(H,25,28). The molecule has 2 atom stereocenters. The first-order valence-electron chi connectivity index (χ1n) is 9.87. The maximum Gasteiger partial charge on any atom is 0.345 e. The molecule has 0 saturated heterocycles. The number of carbonyl (C=O) groups is 1. The number of amides is 1. The number of halogens is 4. The Morgan fingerprint density at radius 3 is 2.90 bits per heavy atom. The number of aromatic nitrogens is 2. The minimum atomic E-state index is -2.80. The van der Waals surface area contributed by atoms with Crippen LogP contribution in [0.3, 0.4) is 0 Å². The SMILES string of the molecule is O=C(NC1COc2ccc(CCOC(F)F)cc2C1)c1cc2n(n1)CCC(C(F)F)O2. The quantitative estimate of drug-likeness (QED) is 0.667. The Morgan fingerprint density at radius 2 is 2.13 bits per heavy atom. The lowest BCUT2D eigenvalue weighted by Crippen LogP contribution is -2.43. The van der Waals surface area contributed by atoms with E-state index in [1.807, 2.05) is 6.07 Å². The summed E-state index contributed by atoms with van der Waals surface area (Å²) < 4.78 is 66.5. The van der Waals surface area contributed by atoms with E-state index in [0.717, 1.165) is 11.1 Å². The molecule has 2 aliphatic heterocycles. The number of alkyl halides is 4. The number of benzene rings is 1. The molecule has 2 aromatic rings. The van der Waals surface area contributed by atoms with Gasteiger partial charge in [-0.15, -0.1) is 0 Å². The molecule has 1 aromatic heterocycles. The van der Waals surface area contributed by atoms with Crippen molar-refractivity contribution in [1.82, 2.24) is 15.1 Å². The Kier molecular flexibility index (Phi) is 6.30. The van der Waals surface area contributed by atoms with E-state index in [0.29, 0.717) is 18.6 Å². The molecule has 168 valence electrons. The van der Waals surface area contributed by atoms with Gasteiger partial charge in [-0.05, 0) is 30.0 Å². The number of nitrogens with zero attached hydrogens (tertiary/aromatic N) is 2. The molecule has 0 radical (unpaired) electrons. The van der Waals surface area contributed by atoms with Crippen molar-refractivity contribution >= 4 is 5.91 Å². The van der Waals surface area contributed by atoms with Crippen molar-refractivity contribution in [3.63, 3.8) is 0 Å². The van der Waals surface area contributed by atoms with Gasteiger partial charge in [0.2, 0.25) is 5.88 Å². The highest BCUT2D eigenvalue weighted by molar-refractivity contribution is 5.92. The molecule has 0 spiro atoms. The highest BCUT2D eigenvalue weighted by atomic mass is 19.3. The van der Waals surface area contributed by atoms with Crippen LogP contribution in [-0.2, 0) is 24.1 Å².